The lowest BCUT2D eigenvalue weighted by Gasteiger charge is -2.09. The van der Waals surface area contributed by atoms with Crippen molar-refractivity contribution < 1.29 is 0 Å². The fraction of sp³-hybridized carbons (Fsp3) is 0.167. The van der Waals surface area contributed by atoms with Crippen LogP contribution in [-0.4, -0.2) is 9.97 Å². The van der Waals surface area contributed by atoms with Gasteiger partial charge in [0.15, 0.2) is 0 Å². The van der Waals surface area contributed by atoms with Gasteiger partial charge in [0.1, 0.15) is 5.15 Å². The molecule has 2 rings (SSSR count). The monoisotopic (exact) mass is 320 g/mol. The van der Waals surface area contributed by atoms with Gasteiger partial charge >= 0.3 is 0 Å². The lowest BCUT2D eigenvalue weighted by molar-refractivity contribution is 0.996. The van der Waals surface area contributed by atoms with E-state index < -0.39 is 0 Å². The van der Waals surface area contributed by atoms with Crippen LogP contribution in [0.2, 0.25) is 20.5 Å². The van der Waals surface area contributed by atoms with Crippen LogP contribution in [0.3, 0.4) is 0 Å². The fourth-order valence-electron chi connectivity index (χ4n) is 1.54. The third-order valence-corrected chi connectivity index (χ3v) is 3.81. The van der Waals surface area contributed by atoms with Crippen LogP contribution in [0, 0.1) is 6.92 Å². The topological polar surface area (TPSA) is 25.8 Å². The van der Waals surface area contributed by atoms with Crippen molar-refractivity contribution in [1.82, 2.24) is 9.97 Å². The number of benzene rings is 1. The lowest BCUT2D eigenvalue weighted by Crippen LogP contribution is -2.00. The normalized spacial score (nSPS) is 10.7. The minimum atomic E-state index is 0.115. The summed E-state index contributed by atoms with van der Waals surface area (Å²) in [6.07, 6.45) is 0.465. The van der Waals surface area contributed by atoms with Crippen LogP contribution in [0.25, 0.3) is 0 Å². The molecule has 0 amide bonds. The molecule has 0 bridgehead atoms. The summed E-state index contributed by atoms with van der Waals surface area (Å²) >= 11 is 24.0. The largest absolute Gasteiger partial charge is 0.224 e. The number of rotatable bonds is 2. The minimum Gasteiger partial charge on any atom is -0.222 e. The van der Waals surface area contributed by atoms with Crippen molar-refractivity contribution in [2.45, 2.75) is 13.3 Å². The molecule has 0 fully saturated rings. The zero-order chi connectivity index (χ0) is 13.3. The van der Waals surface area contributed by atoms with Crippen molar-refractivity contribution >= 4 is 46.4 Å². The molecule has 6 heteroatoms. The Kier molecular flexibility index (Phi) is 4.33. The highest BCUT2D eigenvalue weighted by Crippen LogP contribution is 2.28. The Balaban J connectivity index is 2.46. The van der Waals surface area contributed by atoms with Gasteiger partial charge in [0, 0.05) is 22.0 Å². The van der Waals surface area contributed by atoms with E-state index in [4.69, 9.17) is 46.4 Å². The van der Waals surface area contributed by atoms with E-state index in [9.17, 15) is 0 Å². The molecule has 0 saturated carbocycles. The maximum atomic E-state index is 6.12. The fourth-order valence-corrected chi connectivity index (χ4v) is 2.49. The van der Waals surface area contributed by atoms with Gasteiger partial charge in [0.05, 0.1) is 5.69 Å². The van der Waals surface area contributed by atoms with E-state index in [1.54, 1.807) is 18.2 Å². The van der Waals surface area contributed by atoms with Gasteiger partial charge in [-0.25, -0.2) is 9.97 Å². The quantitative estimate of drug-likeness (QED) is 0.575. The standard InChI is InChI=1S/C12H8Cl4N2/c1-6-10(17-12(16)18-11(6)15)5-7-8(13)3-2-4-9(7)14/h2-4H,5H2,1H3. The Morgan fingerprint density at radius 2 is 1.61 bits per heavy atom. The van der Waals surface area contributed by atoms with Crippen LogP contribution in [-0.2, 0) is 6.42 Å². The first-order valence-electron chi connectivity index (χ1n) is 5.10. The third-order valence-electron chi connectivity index (χ3n) is 2.57. The van der Waals surface area contributed by atoms with E-state index in [0.29, 0.717) is 21.6 Å². The summed E-state index contributed by atoms with van der Waals surface area (Å²) in [5, 5.41) is 1.64. The summed E-state index contributed by atoms with van der Waals surface area (Å²) in [4.78, 5) is 8.04. The third kappa shape index (κ3) is 2.89. The molecule has 1 heterocycles. The highest BCUT2D eigenvalue weighted by atomic mass is 35.5. The predicted molar refractivity (Wildman–Crippen MR) is 76.1 cm³/mol. The van der Waals surface area contributed by atoms with Crippen molar-refractivity contribution in [3.05, 3.63) is 55.5 Å². The molecule has 1 aromatic carbocycles. The van der Waals surface area contributed by atoms with Crippen molar-refractivity contribution in [3.8, 4) is 0 Å². The maximum Gasteiger partial charge on any atom is 0.224 e. The summed E-state index contributed by atoms with van der Waals surface area (Å²) in [6, 6.07) is 5.35. The van der Waals surface area contributed by atoms with Crippen LogP contribution in [0.5, 0.6) is 0 Å². The van der Waals surface area contributed by atoms with Gasteiger partial charge in [-0.1, -0.05) is 40.9 Å². The first-order valence-corrected chi connectivity index (χ1v) is 6.61. The van der Waals surface area contributed by atoms with E-state index in [2.05, 4.69) is 9.97 Å². The molecule has 2 nitrogen and oxygen atoms in total. The van der Waals surface area contributed by atoms with Crippen molar-refractivity contribution in [2.75, 3.05) is 0 Å². The molecule has 0 aliphatic heterocycles. The summed E-state index contributed by atoms with van der Waals surface area (Å²) < 4.78 is 0. The molecule has 94 valence electrons. The Morgan fingerprint density at radius 3 is 2.22 bits per heavy atom. The smallest absolute Gasteiger partial charge is 0.222 e. The Hall–Kier alpha value is -0.540. The summed E-state index contributed by atoms with van der Waals surface area (Å²) in [7, 11) is 0. The average Bonchev–Trinajstić information content (AvgIpc) is 2.30. The van der Waals surface area contributed by atoms with Gasteiger partial charge in [0.2, 0.25) is 5.28 Å². The van der Waals surface area contributed by atoms with Gasteiger partial charge in [0.25, 0.3) is 0 Å². The molecule has 0 saturated heterocycles. The van der Waals surface area contributed by atoms with Crippen LogP contribution in [0.15, 0.2) is 18.2 Å². The molecule has 0 aliphatic carbocycles. The Labute approximate surface area is 125 Å². The maximum absolute atomic E-state index is 6.12. The van der Waals surface area contributed by atoms with Crippen molar-refractivity contribution in [2.24, 2.45) is 0 Å². The van der Waals surface area contributed by atoms with E-state index in [1.807, 2.05) is 6.92 Å². The van der Waals surface area contributed by atoms with Crippen molar-refractivity contribution in [3.63, 3.8) is 0 Å². The van der Waals surface area contributed by atoms with Gasteiger partial charge in [-0.3, -0.25) is 0 Å². The van der Waals surface area contributed by atoms with E-state index in [-0.39, 0.29) is 5.28 Å². The highest BCUT2D eigenvalue weighted by Gasteiger charge is 2.12. The Bertz CT molecular complexity index is 579. The van der Waals surface area contributed by atoms with E-state index in [1.165, 1.54) is 0 Å². The number of hydrogen-bond donors (Lipinski definition) is 0. The van der Waals surface area contributed by atoms with Gasteiger partial charge < -0.3 is 0 Å². The van der Waals surface area contributed by atoms with Gasteiger partial charge in [-0.2, -0.15) is 0 Å². The SMILES string of the molecule is Cc1c(Cl)nc(Cl)nc1Cc1c(Cl)cccc1Cl. The second-order valence-electron chi connectivity index (χ2n) is 3.73. The molecular formula is C12H8Cl4N2. The number of nitrogens with zero attached hydrogens (tertiary/aromatic N) is 2. The van der Waals surface area contributed by atoms with Crippen LogP contribution in [0.1, 0.15) is 16.8 Å². The molecule has 1 aromatic heterocycles. The average molecular weight is 322 g/mol. The lowest BCUT2D eigenvalue weighted by atomic mass is 10.1. The molecule has 0 N–H and O–H groups in total. The molecule has 0 aliphatic rings. The number of aromatic nitrogens is 2. The minimum absolute atomic E-state index is 0.115. The summed E-state index contributed by atoms with van der Waals surface area (Å²) in [6.45, 7) is 1.83. The zero-order valence-corrected chi connectivity index (χ0v) is 12.4. The van der Waals surface area contributed by atoms with Crippen LogP contribution < -0.4 is 0 Å². The second-order valence-corrected chi connectivity index (χ2v) is 5.24. The number of hydrogen-bond acceptors (Lipinski definition) is 2. The molecule has 0 unspecified atom stereocenters. The summed E-state index contributed by atoms with van der Waals surface area (Å²) in [5.41, 5.74) is 2.29. The van der Waals surface area contributed by atoms with E-state index in [0.717, 1.165) is 16.8 Å². The van der Waals surface area contributed by atoms with Crippen molar-refractivity contribution in [1.29, 1.82) is 0 Å². The zero-order valence-electron chi connectivity index (χ0n) is 9.35. The molecule has 18 heavy (non-hydrogen) atoms. The molecule has 0 atom stereocenters. The molecule has 2 aromatic rings. The molecule has 0 radical (unpaired) electrons. The number of halogens is 4. The van der Waals surface area contributed by atoms with Gasteiger partial charge in [-0.05, 0) is 36.2 Å². The summed E-state index contributed by atoms with van der Waals surface area (Å²) in [5.74, 6) is 0. The highest BCUT2D eigenvalue weighted by molar-refractivity contribution is 6.36. The second kappa shape index (κ2) is 5.62. The molecular weight excluding hydrogens is 314 g/mol. The first kappa shape index (κ1) is 13.9. The van der Waals surface area contributed by atoms with Crippen LogP contribution >= 0.6 is 46.4 Å². The molecule has 0 spiro atoms. The Morgan fingerprint density at radius 1 is 1.00 bits per heavy atom. The van der Waals surface area contributed by atoms with Crippen LogP contribution in [0.4, 0.5) is 0 Å². The predicted octanol–water partition coefficient (Wildman–Crippen LogP) is 4.99. The van der Waals surface area contributed by atoms with E-state index >= 15 is 0 Å². The van der Waals surface area contributed by atoms with Gasteiger partial charge in [-0.15, -0.1) is 0 Å². The first-order chi connectivity index (χ1) is 8.49.